The first kappa shape index (κ1) is 10.2. The van der Waals surface area contributed by atoms with E-state index in [0.29, 0.717) is 0 Å². The molecule has 2 heteroatoms. The first-order valence-corrected chi connectivity index (χ1v) is 5.86. The smallest absolute Gasteiger partial charge is 0.241 e. The minimum Gasteiger partial charge on any atom is -0.241 e. The molecule has 0 spiro atoms. The highest BCUT2D eigenvalue weighted by atomic mass is 15.1. The average molecular weight is 203 g/mol. The zero-order chi connectivity index (χ0) is 10.7. The van der Waals surface area contributed by atoms with Crippen molar-refractivity contribution >= 4 is 11.0 Å². The lowest BCUT2D eigenvalue weighted by atomic mass is 10.3. The number of hydrogen-bond acceptors (Lipinski definition) is 0. The van der Waals surface area contributed by atoms with Gasteiger partial charge in [-0.25, -0.2) is 9.55 Å². The molecule has 2 aromatic rings. The third kappa shape index (κ3) is 1.89. The maximum absolute atomic E-state index is 3.49. The first-order valence-electron chi connectivity index (χ1n) is 5.86. The molecule has 1 aromatic carbocycles. The van der Waals surface area contributed by atoms with Gasteiger partial charge in [0.25, 0.3) is 5.82 Å². The summed E-state index contributed by atoms with van der Waals surface area (Å²) < 4.78 is 2.42. The molecule has 1 heterocycles. The summed E-state index contributed by atoms with van der Waals surface area (Å²) in [6.07, 6.45) is 3.56. The van der Waals surface area contributed by atoms with Crippen molar-refractivity contribution in [1.29, 1.82) is 0 Å². The molecule has 0 atom stereocenters. The first-order chi connectivity index (χ1) is 7.36. The van der Waals surface area contributed by atoms with E-state index in [-0.39, 0.29) is 0 Å². The summed E-state index contributed by atoms with van der Waals surface area (Å²) in [5, 5.41) is 0. The van der Waals surface area contributed by atoms with Crippen molar-refractivity contribution in [2.24, 2.45) is 0 Å². The molecule has 0 saturated carbocycles. The van der Waals surface area contributed by atoms with E-state index in [1.54, 1.807) is 0 Å². The van der Waals surface area contributed by atoms with Gasteiger partial charge in [0.2, 0.25) is 0 Å². The Morgan fingerprint density at radius 1 is 1.20 bits per heavy atom. The van der Waals surface area contributed by atoms with Crippen molar-refractivity contribution < 1.29 is 4.57 Å². The van der Waals surface area contributed by atoms with Gasteiger partial charge in [0, 0.05) is 6.42 Å². The van der Waals surface area contributed by atoms with Crippen LogP contribution >= 0.6 is 0 Å². The summed E-state index contributed by atoms with van der Waals surface area (Å²) in [5.74, 6) is 1.34. The van der Waals surface area contributed by atoms with Crippen LogP contribution in [0.2, 0.25) is 0 Å². The molecule has 0 radical (unpaired) electrons. The number of aromatic amines is 1. The molecule has 0 unspecified atom stereocenters. The van der Waals surface area contributed by atoms with Gasteiger partial charge < -0.3 is 0 Å². The second-order valence-electron chi connectivity index (χ2n) is 3.95. The number of H-pyrrole nitrogens is 1. The summed E-state index contributed by atoms with van der Waals surface area (Å²) >= 11 is 0. The molecule has 0 saturated heterocycles. The van der Waals surface area contributed by atoms with Crippen LogP contribution in [-0.4, -0.2) is 4.98 Å². The summed E-state index contributed by atoms with van der Waals surface area (Å²) in [5.41, 5.74) is 2.59. The number of aryl methyl sites for hydroxylation is 2. The molecule has 15 heavy (non-hydrogen) atoms. The highest BCUT2D eigenvalue weighted by Gasteiger charge is 2.15. The van der Waals surface area contributed by atoms with Crippen molar-refractivity contribution in [3.8, 4) is 0 Å². The molecule has 0 aliphatic heterocycles. The van der Waals surface area contributed by atoms with Crippen LogP contribution in [0.1, 0.15) is 32.5 Å². The third-order valence-electron chi connectivity index (χ3n) is 2.87. The molecular weight excluding hydrogens is 184 g/mol. The molecular formula is C13H19N2+. The van der Waals surface area contributed by atoms with Crippen LogP contribution in [-0.2, 0) is 13.0 Å². The van der Waals surface area contributed by atoms with Crippen molar-refractivity contribution in [2.75, 3.05) is 0 Å². The van der Waals surface area contributed by atoms with Crippen molar-refractivity contribution in [2.45, 2.75) is 39.7 Å². The van der Waals surface area contributed by atoms with Crippen LogP contribution < -0.4 is 4.57 Å². The van der Waals surface area contributed by atoms with Crippen molar-refractivity contribution in [3.63, 3.8) is 0 Å². The molecule has 0 amide bonds. The van der Waals surface area contributed by atoms with Gasteiger partial charge in [-0.1, -0.05) is 32.4 Å². The maximum atomic E-state index is 3.49. The van der Waals surface area contributed by atoms with Crippen LogP contribution in [0.15, 0.2) is 24.3 Å². The fourth-order valence-corrected chi connectivity index (χ4v) is 2.03. The van der Waals surface area contributed by atoms with E-state index in [2.05, 4.69) is 47.7 Å². The Balaban J connectivity index is 2.47. The molecule has 2 nitrogen and oxygen atoms in total. The number of imidazole rings is 1. The lowest BCUT2D eigenvalue weighted by Crippen LogP contribution is -2.36. The van der Waals surface area contributed by atoms with Gasteiger partial charge in [0.05, 0.1) is 6.54 Å². The number of para-hydroxylation sites is 2. The van der Waals surface area contributed by atoms with Gasteiger partial charge in [-0.3, -0.25) is 0 Å². The van der Waals surface area contributed by atoms with Gasteiger partial charge in [-0.05, 0) is 18.6 Å². The second-order valence-corrected chi connectivity index (χ2v) is 3.95. The molecule has 0 aliphatic rings. The number of nitrogens with zero attached hydrogens (tertiary/aromatic N) is 1. The maximum Gasteiger partial charge on any atom is 0.254 e. The molecule has 80 valence electrons. The van der Waals surface area contributed by atoms with Gasteiger partial charge in [0.15, 0.2) is 11.0 Å². The molecule has 2 rings (SSSR count). The van der Waals surface area contributed by atoms with E-state index < -0.39 is 0 Å². The van der Waals surface area contributed by atoms with Gasteiger partial charge in [-0.15, -0.1) is 0 Å². The predicted octanol–water partition coefficient (Wildman–Crippen LogP) is 2.82. The Labute approximate surface area is 90.9 Å². The van der Waals surface area contributed by atoms with Crippen LogP contribution in [0.5, 0.6) is 0 Å². The SMILES string of the molecule is CCCC[n+]1c(CC)[nH]c2ccccc21. The fraction of sp³-hybridized carbons (Fsp3) is 0.462. The lowest BCUT2D eigenvalue weighted by Gasteiger charge is -1.98. The number of unbranched alkanes of at least 4 members (excludes halogenated alkanes) is 1. The Morgan fingerprint density at radius 2 is 2.00 bits per heavy atom. The monoisotopic (exact) mass is 203 g/mol. The molecule has 0 aliphatic carbocycles. The fourth-order valence-electron chi connectivity index (χ4n) is 2.03. The van der Waals surface area contributed by atoms with E-state index in [1.165, 1.54) is 29.7 Å². The summed E-state index contributed by atoms with van der Waals surface area (Å²) in [7, 11) is 0. The quantitative estimate of drug-likeness (QED) is 0.737. The zero-order valence-corrected chi connectivity index (χ0v) is 9.59. The van der Waals surface area contributed by atoms with E-state index in [1.807, 2.05) is 0 Å². The Bertz CT molecular complexity index is 443. The van der Waals surface area contributed by atoms with E-state index >= 15 is 0 Å². The summed E-state index contributed by atoms with van der Waals surface area (Å²) in [4.78, 5) is 3.49. The van der Waals surface area contributed by atoms with Crippen LogP contribution in [0.4, 0.5) is 0 Å². The van der Waals surface area contributed by atoms with Gasteiger partial charge in [-0.2, -0.15) is 0 Å². The second kappa shape index (κ2) is 4.47. The molecule has 1 aromatic heterocycles. The van der Waals surface area contributed by atoms with Crippen molar-refractivity contribution in [1.82, 2.24) is 4.98 Å². The number of fused-ring (bicyclic) bond motifs is 1. The van der Waals surface area contributed by atoms with E-state index in [0.717, 1.165) is 13.0 Å². The number of benzene rings is 1. The highest BCUT2D eigenvalue weighted by Crippen LogP contribution is 2.09. The highest BCUT2D eigenvalue weighted by molar-refractivity contribution is 5.70. The number of nitrogens with one attached hydrogen (secondary N) is 1. The number of rotatable bonds is 4. The summed E-state index contributed by atoms with van der Waals surface area (Å²) in [6.45, 7) is 5.57. The Kier molecular flexibility index (Phi) is 3.05. The normalized spacial score (nSPS) is 11.1. The van der Waals surface area contributed by atoms with E-state index in [4.69, 9.17) is 0 Å². The van der Waals surface area contributed by atoms with Crippen LogP contribution in [0, 0.1) is 0 Å². The lowest BCUT2D eigenvalue weighted by molar-refractivity contribution is -0.679. The van der Waals surface area contributed by atoms with Gasteiger partial charge in [0.1, 0.15) is 0 Å². The molecule has 1 N–H and O–H groups in total. The van der Waals surface area contributed by atoms with Crippen LogP contribution in [0.3, 0.4) is 0 Å². The largest absolute Gasteiger partial charge is 0.254 e. The predicted molar refractivity (Wildman–Crippen MR) is 62.8 cm³/mol. The zero-order valence-electron chi connectivity index (χ0n) is 9.59. The van der Waals surface area contributed by atoms with Crippen LogP contribution in [0.25, 0.3) is 11.0 Å². The Morgan fingerprint density at radius 3 is 2.73 bits per heavy atom. The standard InChI is InChI=1S/C13H18N2/c1-3-5-10-15-12-9-7-6-8-11(12)14-13(15)4-2/h6-9H,3-5,10H2,1-2H3/p+1. The summed E-state index contributed by atoms with van der Waals surface area (Å²) in [6, 6.07) is 8.54. The van der Waals surface area contributed by atoms with E-state index in [9.17, 15) is 0 Å². The van der Waals surface area contributed by atoms with Crippen molar-refractivity contribution in [3.05, 3.63) is 30.1 Å². The Hall–Kier alpha value is -1.31. The molecule has 0 bridgehead atoms. The third-order valence-corrected chi connectivity index (χ3v) is 2.87. The minimum absolute atomic E-state index is 1.07. The number of hydrogen-bond donors (Lipinski definition) is 1. The number of aromatic nitrogens is 2. The minimum atomic E-state index is 1.07. The topological polar surface area (TPSA) is 19.7 Å². The molecule has 0 fully saturated rings. The average Bonchev–Trinajstić information content (AvgIpc) is 2.64. The van der Waals surface area contributed by atoms with Gasteiger partial charge >= 0.3 is 0 Å².